The number of esters is 1. The van der Waals surface area contributed by atoms with Gasteiger partial charge in [0.2, 0.25) is 0 Å². The summed E-state index contributed by atoms with van der Waals surface area (Å²) in [4.78, 5) is 32.7. The Balaban J connectivity index is 1.76. The van der Waals surface area contributed by atoms with Crippen molar-refractivity contribution in [1.29, 1.82) is 0 Å². The van der Waals surface area contributed by atoms with Gasteiger partial charge in [0.25, 0.3) is 5.56 Å². The van der Waals surface area contributed by atoms with Crippen LogP contribution in [0.4, 0.5) is 0 Å². The molecule has 6 nitrogen and oxygen atoms in total. The SMILES string of the molecule is C#CCOc1cccc(/C=c2\sc3n(c2=O)[C@@H](c2ccc(Cl)cc2)C(C(=O)OCC)=C(c2ccccc2)N=3)c1. The molecule has 194 valence electrons. The predicted molar refractivity (Wildman–Crippen MR) is 153 cm³/mol. The predicted octanol–water partition coefficient (Wildman–Crippen LogP) is 4.60. The van der Waals surface area contributed by atoms with E-state index in [0.717, 1.165) is 11.1 Å². The van der Waals surface area contributed by atoms with Crippen LogP contribution in [-0.4, -0.2) is 23.8 Å². The van der Waals surface area contributed by atoms with Gasteiger partial charge in [0.1, 0.15) is 12.4 Å². The Morgan fingerprint density at radius 2 is 1.90 bits per heavy atom. The second-order valence-corrected chi connectivity index (χ2v) is 9.99. The zero-order chi connectivity index (χ0) is 27.4. The van der Waals surface area contributed by atoms with E-state index in [0.29, 0.717) is 31.4 Å². The summed E-state index contributed by atoms with van der Waals surface area (Å²) in [5, 5.41) is 0.544. The molecule has 1 aliphatic heterocycles. The molecule has 0 spiro atoms. The highest BCUT2D eigenvalue weighted by molar-refractivity contribution is 7.07. The van der Waals surface area contributed by atoms with Crippen LogP contribution in [0.1, 0.15) is 29.7 Å². The van der Waals surface area contributed by atoms with Gasteiger partial charge in [0.15, 0.2) is 4.80 Å². The minimum Gasteiger partial charge on any atom is -0.481 e. The molecule has 0 radical (unpaired) electrons. The molecule has 8 heteroatoms. The molecule has 0 N–H and O–H groups in total. The highest BCUT2D eigenvalue weighted by Gasteiger charge is 2.35. The topological polar surface area (TPSA) is 69.9 Å². The Bertz CT molecular complexity index is 1780. The van der Waals surface area contributed by atoms with E-state index in [1.54, 1.807) is 35.8 Å². The summed E-state index contributed by atoms with van der Waals surface area (Å²) >= 11 is 7.43. The van der Waals surface area contributed by atoms with Crippen molar-refractivity contribution in [2.45, 2.75) is 13.0 Å². The third-order valence-corrected chi connectivity index (χ3v) is 7.27. The van der Waals surface area contributed by atoms with E-state index >= 15 is 0 Å². The number of aromatic nitrogens is 1. The van der Waals surface area contributed by atoms with Gasteiger partial charge in [-0.05, 0) is 48.4 Å². The molecule has 1 aromatic heterocycles. The Morgan fingerprint density at radius 3 is 2.62 bits per heavy atom. The fourth-order valence-corrected chi connectivity index (χ4v) is 5.50. The lowest BCUT2D eigenvalue weighted by atomic mass is 9.93. The number of hydrogen-bond acceptors (Lipinski definition) is 6. The number of hydrogen-bond donors (Lipinski definition) is 0. The van der Waals surface area contributed by atoms with E-state index in [9.17, 15) is 9.59 Å². The van der Waals surface area contributed by atoms with Crippen LogP contribution in [0.3, 0.4) is 0 Å². The number of benzene rings is 3. The van der Waals surface area contributed by atoms with E-state index in [-0.39, 0.29) is 24.3 Å². The molecular weight excluding hydrogens is 532 g/mol. The van der Waals surface area contributed by atoms with Gasteiger partial charge in [-0.2, -0.15) is 0 Å². The number of rotatable bonds is 7. The van der Waals surface area contributed by atoms with Crippen molar-refractivity contribution < 1.29 is 14.3 Å². The summed E-state index contributed by atoms with van der Waals surface area (Å²) in [6.45, 7) is 2.07. The molecule has 0 saturated carbocycles. The summed E-state index contributed by atoms with van der Waals surface area (Å²) in [6.07, 6.45) is 7.09. The van der Waals surface area contributed by atoms with Crippen LogP contribution in [-0.2, 0) is 9.53 Å². The average Bonchev–Trinajstić information content (AvgIpc) is 3.26. The summed E-state index contributed by atoms with van der Waals surface area (Å²) < 4.78 is 13.0. The highest BCUT2D eigenvalue weighted by atomic mass is 35.5. The van der Waals surface area contributed by atoms with Crippen molar-refractivity contribution in [1.82, 2.24) is 4.57 Å². The molecule has 0 amide bonds. The minimum absolute atomic E-state index is 0.144. The van der Waals surface area contributed by atoms with Gasteiger partial charge < -0.3 is 9.47 Å². The van der Waals surface area contributed by atoms with Crippen molar-refractivity contribution in [2.24, 2.45) is 4.99 Å². The van der Waals surface area contributed by atoms with Crippen molar-refractivity contribution in [3.8, 4) is 18.1 Å². The van der Waals surface area contributed by atoms with E-state index < -0.39 is 12.0 Å². The summed E-state index contributed by atoms with van der Waals surface area (Å²) in [6, 6.07) is 23.1. The molecular formula is C31H23ClN2O4S. The van der Waals surface area contributed by atoms with Gasteiger partial charge >= 0.3 is 5.97 Å². The number of nitrogens with zero attached hydrogens (tertiary/aromatic N) is 2. The highest BCUT2D eigenvalue weighted by Crippen LogP contribution is 2.35. The Labute approximate surface area is 234 Å². The largest absolute Gasteiger partial charge is 0.481 e. The fraction of sp³-hybridized carbons (Fsp3) is 0.129. The second kappa shape index (κ2) is 11.6. The smallest absolute Gasteiger partial charge is 0.338 e. The maximum absolute atomic E-state index is 13.9. The van der Waals surface area contributed by atoms with E-state index in [4.69, 9.17) is 32.5 Å². The van der Waals surface area contributed by atoms with Gasteiger partial charge in [-0.15, -0.1) is 6.42 Å². The summed E-state index contributed by atoms with van der Waals surface area (Å²) in [7, 11) is 0. The second-order valence-electron chi connectivity index (χ2n) is 8.55. The van der Waals surface area contributed by atoms with Crippen LogP contribution in [0.15, 0.2) is 94.2 Å². The zero-order valence-corrected chi connectivity index (χ0v) is 22.5. The Morgan fingerprint density at radius 1 is 1.13 bits per heavy atom. The molecule has 5 rings (SSSR count). The van der Waals surface area contributed by atoms with Crippen molar-refractivity contribution >= 4 is 40.7 Å². The molecule has 0 fully saturated rings. The maximum Gasteiger partial charge on any atom is 0.338 e. The summed E-state index contributed by atoms with van der Waals surface area (Å²) in [5.74, 6) is 2.51. The quantitative estimate of drug-likeness (QED) is 0.247. The van der Waals surface area contributed by atoms with E-state index in [1.165, 1.54) is 11.3 Å². The maximum atomic E-state index is 13.9. The van der Waals surface area contributed by atoms with Crippen LogP contribution in [0.2, 0.25) is 5.02 Å². The monoisotopic (exact) mass is 554 g/mol. The van der Waals surface area contributed by atoms with Crippen LogP contribution < -0.4 is 19.6 Å². The van der Waals surface area contributed by atoms with Gasteiger partial charge in [-0.3, -0.25) is 9.36 Å². The van der Waals surface area contributed by atoms with Gasteiger partial charge in [-0.25, -0.2) is 9.79 Å². The zero-order valence-electron chi connectivity index (χ0n) is 21.0. The van der Waals surface area contributed by atoms with Gasteiger partial charge in [0.05, 0.1) is 28.5 Å². The first-order valence-corrected chi connectivity index (χ1v) is 13.4. The molecule has 0 unspecified atom stereocenters. The van der Waals surface area contributed by atoms with Crippen molar-refractivity contribution in [2.75, 3.05) is 13.2 Å². The minimum atomic E-state index is -0.764. The number of ether oxygens (including phenoxy) is 2. The number of carbonyl (C=O) groups excluding carboxylic acids is 1. The third-order valence-electron chi connectivity index (χ3n) is 6.04. The molecule has 0 aliphatic carbocycles. The van der Waals surface area contributed by atoms with Crippen LogP contribution in [0, 0.1) is 12.3 Å². The Kier molecular flexibility index (Phi) is 7.78. The van der Waals surface area contributed by atoms with Crippen LogP contribution in [0.25, 0.3) is 11.8 Å². The van der Waals surface area contributed by atoms with E-state index in [1.807, 2.05) is 60.7 Å². The molecule has 4 aromatic rings. The fourth-order valence-electron chi connectivity index (χ4n) is 4.37. The first-order chi connectivity index (χ1) is 19.0. The average molecular weight is 555 g/mol. The van der Waals surface area contributed by atoms with Gasteiger partial charge in [0, 0.05) is 10.6 Å². The lowest BCUT2D eigenvalue weighted by molar-refractivity contribution is -0.138. The van der Waals surface area contributed by atoms with Crippen LogP contribution >= 0.6 is 22.9 Å². The Hall–Kier alpha value is -4.38. The molecule has 0 saturated heterocycles. The molecule has 0 bridgehead atoms. The first kappa shape index (κ1) is 26.2. The first-order valence-electron chi connectivity index (χ1n) is 12.2. The molecule has 3 aromatic carbocycles. The lowest BCUT2D eigenvalue weighted by Gasteiger charge is -2.25. The standard InChI is InChI=1S/C31H23ClN2O4S/c1-3-17-38-24-12-8-9-20(18-24)19-25-29(35)34-28(22-13-15-23(32)16-14-22)26(30(36)37-4-2)27(33-31(34)39-25)21-10-6-5-7-11-21/h1,5-16,18-19,28H,4,17H2,2H3/b25-19-/t28-/m0/s1. The molecule has 2 heterocycles. The van der Waals surface area contributed by atoms with E-state index in [2.05, 4.69) is 5.92 Å². The third kappa shape index (κ3) is 5.44. The lowest BCUT2D eigenvalue weighted by Crippen LogP contribution is -2.40. The molecule has 1 atom stereocenters. The van der Waals surface area contributed by atoms with Gasteiger partial charge in [-0.1, -0.05) is 83.5 Å². The summed E-state index contributed by atoms with van der Waals surface area (Å²) in [5.41, 5.74) is 2.70. The number of fused-ring (bicyclic) bond motifs is 1. The van der Waals surface area contributed by atoms with Crippen molar-refractivity contribution in [3.05, 3.63) is 126 Å². The molecule has 39 heavy (non-hydrogen) atoms. The van der Waals surface area contributed by atoms with Crippen molar-refractivity contribution in [3.63, 3.8) is 0 Å². The normalized spacial score (nSPS) is 14.8. The number of halogens is 1. The van der Waals surface area contributed by atoms with Crippen LogP contribution in [0.5, 0.6) is 5.75 Å². The number of thiazole rings is 1. The molecule has 1 aliphatic rings. The number of carbonyl (C=O) groups is 1. The number of terminal acetylenes is 1.